The Hall–Kier alpha value is -3.65. The normalized spacial score (nSPS) is 21.4. The van der Waals surface area contributed by atoms with Crippen molar-refractivity contribution in [3.8, 4) is 5.75 Å². The summed E-state index contributed by atoms with van der Waals surface area (Å²) in [5.74, 6) is 2.96. The van der Waals surface area contributed by atoms with Crippen LogP contribution in [0.2, 0.25) is 0 Å². The lowest BCUT2D eigenvalue weighted by Gasteiger charge is -2.36. The summed E-state index contributed by atoms with van der Waals surface area (Å²) in [5, 5.41) is 3.68. The maximum atomic E-state index is 6.18. The average molecular weight is 499 g/mol. The second-order valence-corrected chi connectivity index (χ2v) is 9.69. The number of dihydropyridines is 1. The van der Waals surface area contributed by atoms with Crippen molar-refractivity contribution in [3.63, 3.8) is 0 Å². The Morgan fingerprint density at radius 1 is 1.08 bits per heavy atom. The number of benzene rings is 1. The number of anilines is 1. The van der Waals surface area contributed by atoms with Crippen molar-refractivity contribution in [1.82, 2.24) is 15.2 Å². The maximum absolute atomic E-state index is 6.18. The van der Waals surface area contributed by atoms with Gasteiger partial charge in [-0.05, 0) is 61.1 Å². The molecule has 8 heteroatoms. The number of morpholine rings is 1. The molecule has 6 rings (SSSR count). The van der Waals surface area contributed by atoms with E-state index in [1.165, 1.54) is 11.1 Å². The van der Waals surface area contributed by atoms with Crippen LogP contribution in [0.1, 0.15) is 37.3 Å². The Kier molecular flexibility index (Phi) is 7.16. The van der Waals surface area contributed by atoms with Crippen molar-refractivity contribution in [3.05, 3.63) is 77.4 Å². The van der Waals surface area contributed by atoms with Gasteiger partial charge in [-0.2, -0.15) is 0 Å². The second kappa shape index (κ2) is 11.2. The predicted molar refractivity (Wildman–Crippen MR) is 146 cm³/mol. The summed E-state index contributed by atoms with van der Waals surface area (Å²) >= 11 is 0. The minimum atomic E-state index is -0.0481. The molecule has 0 radical (unpaired) electrons. The molecule has 1 unspecified atom stereocenters. The summed E-state index contributed by atoms with van der Waals surface area (Å²) in [6.07, 6.45) is 12.0. The largest absolute Gasteiger partial charge is 0.494 e. The first kappa shape index (κ1) is 23.7. The van der Waals surface area contributed by atoms with Crippen LogP contribution in [0, 0.1) is 0 Å². The highest BCUT2D eigenvalue weighted by molar-refractivity contribution is 5.85. The van der Waals surface area contributed by atoms with Crippen LogP contribution in [0.3, 0.4) is 0 Å². The zero-order chi connectivity index (χ0) is 24.9. The monoisotopic (exact) mass is 498 g/mol. The van der Waals surface area contributed by atoms with Gasteiger partial charge in [-0.1, -0.05) is 18.2 Å². The van der Waals surface area contributed by atoms with E-state index in [9.17, 15) is 0 Å². The first-order valence-electron chi connectivity index (χ1n) is 13.3. The molecule has 1 aromatic heterocycles. The molecular weight excluding hydrogens is 464 g/mol. The van der Waals surface area contributed by atoms with E-state index in [2.05, 4.69) is 61.5 Å². The number of rotatable bonds is 7. The lowest BCUT2D eigenvalue weighted by molar-refractivity contribution is 0.0664. The fourth-order valence-electron chi connectivity index (χ4n) is 5.35. The number of allylic oxidation sites excluding steroid dienone is 1. The van der Waals surface area contributed by atoms with Crippen molar-refractivity contribution >= 4 is 17.9 Å². The number of aromatic nitrogens is 1. The van der Waals surface area contributed by atoms with Gasteiger partial charge in [0, 0.05) is 56.0 Å². The van der Waals surface area contributed by atoms with E-state index >= 15 is 0 Å². The van der Waals surface area contributed by atoms with Gasteiger partial charge in [0.15, 0.2) is 0 Å². The van der Waals surface area contributed by atoms with Crippen molar-refractivity contribution < 1.29 is 9.47 Å². The third-order valence-electron chi connectivity index (χ3n) is 7.25. The van der Waals surface area contributed by atoms with E-state index in [1.54, 1.807) is 0 Å². The highest BCUT2D eigenvalue weighted by atomic mass is 16.5. The molecule has 0 saturated carbocycles. The van der Waals surface area contributed by atoms with Gasteiger partial charge in [-0.3, -0.25) is 9.98 Å². The van der Waals surface area contributed by atoms with E-state index in [0.717, 1.165) is 93.9 Å². The van der Waals surface area contributed by atoms with Crippen molar-refractivity contribution in [2.45, 2.75) is 31.7 Å². The molecule has 2 aromatic rings. The van der Waals surface area contributed by atoms with Gasteiger partial charge < -0.3 is 24.6 Å². The first-order valence-corrected chi connectivity index (χ1v) is 13.3. The van der Waals surface area contributed by atoms with E-state index in [4.69, 9.17) is 14.5 Å². The number of guanidine groups is 1. The zero-order valence-corrected chi connectivity index (χ0v) is 21.2. The summed E-state index contributed by atoms with van der Waals surface area (Å²) in [6, 6.07) is 12.6. The molecule has 37 heavy (non-hydrogen) atoms. The highest BCUT2D eigenvalue weighted by Crippen LogP contribution is 2.40. The third kappa shape index (κ3) is 5.39. The summed E-state index contributed by atoms with van der Waals surface area (Å²) < 4.78 is 11.8. The molecule has 0 bridgehead atoms. The molecule has 8 nitrogen and oxygen atoms in total. The summed E-state index contributed by atoms with van der Waals surface area (Å²) in [5.41, 5.74) is 4.94. The second-order valence-electron chi connectivity index (χ2n) is 9.69. The molecule has 192 valence electrons. The van der Waals surface area contributed by atoms with E-state index in [0.29, 0.717) is 6.61 Å². The lowest BCUT2D eigenvalue weighted by Crippen LogP contribution is -2.50. The van der Waals surface area contributed by atoms with E-state index in [-0.39, 0.29) is 6.04 Å². The van der Waals surface area contributed by atoms with Gasteiger partial charge in [-0.25, -0.2) is 4.99 Å². The smallest absolute Gasteiger partial charge is 0.200 e. The minimum absolute atomic E-state index is 0.0481. The number of hydrogen-bond acceptors (Lipinski definition) is 8. The molecule has 1 atom stereocenters. The fraction of sp³-hybridized carbons (Fsp3) is 0.414. The summed E-state index contributed by atoms with van der Waals surface area (Å²) in [7, 11) is 0. The van der Waals surface area contributed by atoms with Gasteiger partial charge in [0.1, 0.15) is 17.6 Å². The van der Waals surface area contributed by atoms with Crippen molar-refractivity contribution in [2.75, 3.05) is 50.9 Å². The highest BCUT2D eigenvalue weighted by Gasteiger charge is 2.35. The number of pyridine rings is 1. The Balaban J connectivity index is 1.22. The standard InChI is InChI=1S/C29H34N6O2/c1-6-23(20-25(7-1)37-17-3-5-22-4-2-11-31-21-22)27-26-10-14-35(24-8-12-30-13-9-24)28(26)33-29(32-27)34-15-18-36-19-16-34/h1,4,6-9,12-13,20-21,27H,2-3,5,10-11,14-19H2,(H,32,33). The third-order valence-corrected chi connectivity index (χ3v) is 7.25. The van der Waals surface area contributed by atoms with E-state index < -0.39 is 0 Å². The van der Waals surface area contributed by atoms with Crippen LogP contribution in [0.15, 0.2) is 81.8 Å². The lowest BCUT2D eigenvalue weighted by atomic mass is 9.97. The van der Waals surface area contributed by atoms with Crippen LogP contribution in [0.4, 0.5) is 5.69 Å². The summed E-state index contributed by atoms with van der Waals surface area (Å²) in [4.78, 5) is 18.5. The molecule has 1 N–H and O–H groups in total. The number of ether oxygens (including phenoxy) is 2. The molecule has 1 saturated heterocycles. The van der Waals surface area contributed by atoms with Gasteiger partial charge in [-0.15, -0.1) is 0 Å². The average Bonchev–Trinajstić information content (AvgIpc) is 3.41. The molecule has 4 aliphatic rings. The molecule has 0 spiro atoms. The van der Waals surface area contributed by atoms with Crippen LogP contribution < -0.4 is 15.0 Å². The number of nitrogens with zero attached hydrogens (tertiary/aromatic N) is 5. The Morgan fingerprint density at radius 3 is 2.81 bits per heavy atom. The number of aliphatic imine (C=N–C) groups is 2. The fourth-order valence-corrected chi connectivity index (χ4v) is 5.35. The molecular formula is C29H34N6O2. The Labute approximate surface area is 218 Å². The van der Waals surface area contributed by atoms with Crippen LogP contribution in [-0.4, -0.2) is 68.1 Å². The Bertz CT molecular complexity index is 1220. The predicted octanol–water partition coefficient (Wildman–Crippen LogP) is 4.10. The number of hydrogen-bond donors (Lipinski definition) is 1. The quantitative estimate of drug-likeness (QED) is 0.580. The van der Waals surface area contributed by atoms with Gasteiger partial charge >= 0.3 is 0 Å². The van der Waals surface area contributed by atoms with Gasteiger partial charge in [0.05, 0.1) is 19.8 Å². The maximum Gasteiger partial charge on any atom is 0.200 e. The number of nitrogens with one attached hydrogen (secondary N) is 1. The molecule has 4 aliphatic heterocycles. The van der Waals surface area contributed by atoms with Crippen LogP contribution in [0.5, 0.6) is 5.75 Å². The molecule has 1 fully saturated rings. The zero-order valence-electron chi connectivity index (χ0n) is 21.2. The van der Waals surface area contributed by atoms with Crippen LogP contribution >= 0.6 is 0 Å². The SMILES string of the molecule is C1=NCCC=C1CCCOc1cccc(C2N=C(N3CCOCC3)NC3=C2CCN3c2ccncc2)c1. The van der Waals surface area contributed by atoms with Crippen molar-refractivity contribution in [2.24, 2.45) is 9.98 Å². The first-order chi connectivity index (χ1) is 18.3. The van der Waals surface area contributed by atoms with Gasteiger partial charge in [0.25, 0.3) is 0 Å². The molecule has 5 heterocycles. The molecule has 0 amide bonds. The summed E-state index contributed by atoms with van der Waals surface area (Å²) in [6.45, 7) is 5.63. The van der Waals surface area contributed by atoms with Crippen LogP contribution in [-0.2, 0) is 4.74 Å². The Morgan fingerprint density at radius 2 is 1.97 bits per heavy atom. The van der Waals surface area contributed by atoms with E-state index in [1.807, 2.05) is 24.7 Å². The topological polar surface area (TPSA) is 74.6 Å². The van der Waals surface area contributed by atoms with Crippen LogP contribution in [0.25, 0.3) is 0 Å². The minimum Gasteiger partial charge on any atom is -0.494 e. The molecule has 0 aliphatic carbocycles. The van der Waals surface area contributed by atoms with Crippen molar-refractivity contribution in [1.29, 1.82) is 0 Å². The van der Waals surface area contributed by atoms with Gasteiger partial charge in [0.2, 0.25) is 5.96 Å². The molecule has 1 aromatic carbocycles.